The average molecular weight is 294 g/mol. The molecule has 0 saturated carbocycles. The average Bonchev–Trinajstić information content (AvgIpc) is 2.38. The Morgan fingerprint density at radius 1 is 1.16 bits per heavy atom. The van der Waals surface area contributed by atoms with Gasteiger partial charge in [0.15, 0.2) is 0 Å². The van der Waals surface area contributed by atoms with Gasteiger partial charge in [0.1, 0.15) is 5.75 Å². The van der Waals surface area contributed by atoms with Crippen LogP contribution in [0.4, 0.5) is 0 Å². The number of halogens is 1. The fourth-order valence-electron chi connectivity index (χ4n) is 1.78. The van der Waals surface area contributed by atoms with Crippen LogP contribution in [0.3, 0.4) is 0 Å². The number of aromatic hydroxyl groups is 1. The molecule has 0 aromatic heterocycles. The molecule has 3 N–H and O–H groups in total. The van der Waals surface area contributed by atoms with Crippen molar-refractivity contribution in [2.24, 2.45) is 5.73 Å². The van der Waals surface area contributed by atoms with Crippen molar-refractivity contribution in [3.05, 3.63) is 59.1 Å². The lowest BCUT2D eigenvalue weighted by atomic mass is 10.1. The summed E-state index contributed by atoms with van der Waals surface area (Å²) in [7, 11) is 0. The van der Waals surface area contributed by atoms with Crippen molar-refractivity contribution in [3.63, 3.8) is 0 Å². The van der Waals surface area contributed by atoms with Crippen LogP contribution >= 0.6 is 23.4 Å². The molecule has 0 aliphatic heterocycles. The van der Waals surface area contributed by atoms with E-state index in [-0.39, 0.29) is 11.8 Å². The second-order valence-corrected chi connectivity index (χ2v) is 5.93. The lowest BCUT2D eigenvalue weighted by Gasteiger charge is -2.11. The third kappa shape index (κ3) is 4.78. The van der Waals surface area contributed by atoms with Crippen LogP contribution < -0.4 is 5.73 Å². The molecule has 1 atom stereocenters. The van der Waals surface area contributed by atoms with Gasteiger partial charge in [0.05, 0.1) is 0 Å². The van der Waals surface area contributed by atoms with Crippen LogP contribution in [0, 0.1) is 0 Å². The fraction of sp³-hybridized carbons (Fsp3) is 0.200. The quantitative estimate of drug-likeness (QED) is 0.826. The molecule has 0 heterocycles. The first-order valence-electron chi connectivity index (χ1n) is 6.05. The molecule has 100 valence electrons. The summed E-state index contributed by atoms with van der Waals surface area (Å²) in [5, 5.41) is 10.1. The maximum absolute atomic E-state index is 9.40. The SMILES string of the molecule is NC(CSc1ccc(Cl)cc1)Cc1cccc(O)c1. The summed E-state index contributed by atoms with van der Waals surface area (Å²) < 4.78 is 0. The van der Waals surface area contributed by atoms with Crippen molar-refractivity contribution < 1.29 is 5.11 Å². The number of phenolic OH excluding ortho intramolecular Hbond substituents is 1. The highest BCUT2D eigenvalue weighted by Gasteiger charge is 2.06. The number of hydrogen-bond acceptors (Lipinski definition) is 3. The molecule has 4 heteroatoms. The van der Waals surface area contributed by atoms with E-state index in [0.29, 0.717) is 0 Å². The highest BCUT2D eigenvalue weighted by molar-refractivity contribution is 7.99. The Morgan fingerprint density at radius 3 is 2.58 bits per heavy atom. The van der Waals surface area contributed by atoms with Crippen molar-refractivity contribution in [2.45, 2.75) is 17.4 Å². The summed E-state index contributed by atoms with van der Waals surface area (Å²) in [6.45, 7) is 0. The topological polar surface area (TPSA) is 46.2 Å². The minimum atomic E-state index is 0.0579. The van der Waals surface area contributed by atoms with Gasteiger partial charge >= 0.3 is 0 Å². The van der Waals surface area contributed by atoms with Gasteiger partial charge in [0.25, 0.3) is 0 Å². The second kappa shape index (κ2) is 6.85. The predicted octanol–water partition coefficient (Wildman–Crippen LogP) is 3.71. The van der Waals surface area contributed by atoms with Crippen molar-refractivity contribution in [1.29, 1.82) is 0 Å². The molecule has 1 unspecified atom stereocenters. The van der Waals surface area contributed by atoms with E-state index in [1.54, 1.807) is 23.9 Å². The lowest BCUT2D eigenvalue weighted by molar-refractivity contribution is 0.474. The van der Waals surface area contributed by atoms with Crippen LogP contribution in [0.2, 0.25) is 5.02 Å². The highest BCUT2D eigenvalue weighted by Crippen LogP contribution is 2.21. The first-order valence-corrected chi connectivity index (χ1v) is 7.42. The predicted molar refractivity (Wildman–Crippen MR) is 82.0 cm³/mol. The summed E-state index contributed by atoms with van der Waals surface area (Å²) in [6, 6.07) is 15.0. The van der Waals surface area contributed by atoms with Crippen LogP contribution in [0.25, 0.3) is 0 Å². The highest BCUT2D eigenvalue weighted by atomic mass is 35.5. The van der Waals surface area contributed by atoms with E-state index in [4.69, 9.17) is 17.3 Å². The molecule has 0 aliphatic carbocycles. The van der Waals surface area contributed by atoms with Gasteiger partial charge in [0.2, 0.25) is 0 Å². The molecule has 0 amide bonds. The molecule has 2 nitrogen and oxygen atoms in total. The van der Waals surface area contributed by atoms with E-state index in [0.717, 1.165) is 27.7 Å². The maximum Gasteiger partial charge on any atom is 0.115 e. The fourth-order valence-corrected chi connectivity index (χ4v) is 2.76. The van der Waals surface area contributed by atoms with Crippen LogP contribution in [0.1, 0.15) is 5.56 Å². The van der Waals surface area contributed by atoms with Crippen LogP contribution in [0.5, 0.6) is 5.75 Å². The van der Waals surface area contributed by atoms with E-state index in [1.165, 1.54) is 0 Å². The lowest BCUT2D eigenvalue weighted by Crippen LogP contribution is -2.25. The summed E-state index contributed by atoms with van der Waals surface area (Å²) in [4.78, 5) is 1.16. The third-order valence-corrected chi connectivity index (χ3v) is 4.14. The minimum Gasteiger partial charge on any atom is -0.508 e. The zero-order chi connectivity index (χ0) is 13.7. The maximum atomic E-state index is 9.40. The first-order chi connectivity index (χ1) is 9.13. The van der Waals surface area contributed by atoms with Crippen molar-refractivity contribution >= 4 is 23.4 Å². The molecule has 2 aromatic carbocycles. The summed E-state index contributed by atoms with van der Waals surface area (Å²) in [6.07, 6.45) is 0.759. The smallest absolute Gasteiger partial charge is 0.115 e. The summed E-state index contributed by atoms with van der Waals surface area (Å²) in [5.41, 5.74) is 7.16. The normalized spacial score (nSPS) is 12.3. The molecule has 2 aromatic rings. The van der Waals surface area contributed by atoms with Gasteiger partial charge in [-0.2, -0.15) is 0 Å². The standard InChI is InChI=1S/C15H16ClNOS/c16-12-4-6-15(7-5-12)19-10-13(17)8-11-2-1-3-14(18)9-11/h1-7,9,13,18H,8,10,17H2. The Bertz CT molecular complexity index is 530. The molecule has 0 radical (unpaired) electrons. The van der Waals surface area contributed by atoms with E-state index in [9.17, 15) is 5.11 Å². The number of nitrogens with two attached hydrogens (primary N) is 1. The molecule has 0 spiro atoms. The zero-order valence-corrected chi connectivity index (χ0v) is 12.0. The molecular formula is C15H16ClNOS. The Hall–Kier alpha value is -1.16. The van der Waals surface area contributed by atoms with Gasteiger partial charge in [-0.3, -0.25) is 0 Å². The van der Waals surface area contributed by atoms with Gasteiger partial charge in [-0.05, 0) is 48.4 Å². The van der Waals surface area contributed by atoms with Gasteiger partial charge < -0.3 is 10.8 Å². The molecule has 2 rings (SSSR count). The largest absolute Gasteiger partial charge is 0.508 e. The zero-order valence-electron chi connectivity index (χ0n) is 10.4. The van der Waals surface area contributed by atoms with E-state index >= 15 is 0 Å². The van der Waals surface area contributed by atoms with Crippen LogP contribution in [-0.2, 0) is 6.42 Å². The van der Waals surface area contributed by atoms with Gasteiger partial charge in [-0.15, -0.1) is 11.8 Å². The molecule has 0 fully saturated rings. The Morgan fingerprint density at radius 2 is 1.89 bits per heavy atom. The molecule has 19 heavy (non-hydrogen) atoms. The second-order valence-electron chi connectivity index (χ2n) is 4.40. The number of rotatable bonds is 5. The molecule has 0 saturated heterocycles. The summed E-state index contributed by atoms with van der Waals surface area (Å²) in [5.74, 6) is 1.12. The third-order valence-electron chi connectivity index (χ3n) is 2.69. The number of benzene rings is 2. The monoisotopic (exact) mass is 293 g/mol. The Labute approximate surface area is 122 Å². The first kappa shape index (κ1) is 14.3. The minimum absolute atomic E-state index is 0.0579. The van der Waals surface area contributed by atoms with E-state index < -0.39 is 0 Å². The van der Waals surface area contributed by atoms with Gasteiger partial charge in [-0.1, -0.05) is 23.7 Å². The van der Waals surface area contributed by atoms with E-state index in [2.05, 4.69) is 0 Å². The van der Waals surface area contributed by atoms with Gasteiger partial charge in [0, 0.05) is 21.7 Å². The van der Waals surface area contributed by atoms with Crippen LogP contribution in [0.15, 0.2) is 53.4 Å². The molecular weight excluding hydrogens is 278 g/mol. The Kier molecular flexibility index (Phi) is 5.14. The number of phenols is 1. The van der Waals surface area contributed by atoms with Crippen molar-refractivity contribution in [2.75, 3.05) is 5.75 Å². The van der Waals surface area contributed by atoms with Crippen molar-refractivity contribution in [1.82, 2.24) is 0 Å². The van der Waals surface area contributed by atoms with E-state index in [1.807, 2.05) is 36.4 Å². The number of hydrogen-bond donors (Lipinski definition) is 2. The van der Waals surface area contributed by atoms with Crippen LogP contribution in [-0.4, -0.2) is 16.9 Å². The summed E-state index contributed by atoms with van der Waals surface area (Å²) >= 11 is 7.55. The van der Waals surface area contributed by atoms with Gasteiger partial charge in [-0.25, -0.2) is 0 Å². The molecule has 0 aliphatic rings. The Balaban J connectivity index is 1.84. The van der Waals surface area contributed by atoms with Crippen molar-refractivity contribution in [3.8, 4) is 5.75 Å². The molecule has 0 bridgehead atoms. The number of thioether (sulfide) groups is 1.